The number of anilines is 3. The molecule has 2 N–H and O–H groups in total. The third-order valence-corrected chi connectivity index (χ3v) is 11.3. The minimum atomic E-state index is -0.234. The predicted octanol–water partition coefficient (Wildman–Crippen LogP) is 6.40. The first kappa shape index (κ1) is 36.5. The Morgan fingerprint density at radius 2 is 1.60 bits per heavy atom. The fourth-order valence-electron chi connectivity index (χ4n) is 8.27. The van der Waals surface area contributed by atoms with Crippen molar-refractivity contribution in [3.05, 3.63) is 125 Å². The van der Waals surface area contributed by atoms with Gasteiger partial charge >= 0.3 is 0 Å². The van der Waals surface area contributed by atoms with Crippen LogP contribution in [0.2, 0.25) is 0 Å². The van der Waals surface area contributed by atoms with Gasteiger partial charge in [0.25, 0.3) is 11.8 Å². The van der Waals surface area contributed by atoms with Gasteiger partial charge in [-0.3, -0.25) is 19.4 Å². The molecule has 5 aromatic rings. The first-order valence-corrected chi connectivity index (χ1v) is 18.7. The third kappa shape index (κ3) is 6.99. The molecule has 0 aliphatic carbocycles. The molecule has 0 saturated carbocycles. The van der Waals surface area contributed by atoms with Crippen LogP contribution >= 0.6 is 12.4 Å². The summed E-state index contributed by atoms with van der Waals surface area (Å²) in [4.78, 5) is 38.2. The molecule has 1 saturated heterocycles. The number of amides is 2. The number of likely N-dealkylation sites (N-methyl/N-ethyl adjacent to an activating group) is 1. The van der Waals surface area contributed by atoms with E-state index in [9.17, 15) is 9.90 Å². The third-order valence-electron chi connectivity index (χ3n) is 11.3. The molecule has 4 aliphatic heterocycles. The number of aryl methyl sites for hydroxylation is 1. The van der Waals surface area contributed by atoms with Gasteiger partial charge in [-0.1, -0.05) is 24.3 Å². The number of phenols is 1. The number of hydrogen-bond acceptors (Lipinski definition) is 8. The minimum absolute atomic E-state index is 0. The molecule has 4 aromatic carbocycles. The van der Waals surface area contributed by atoms with Crippen LogP contribution in [0.4, 0.5) is 17.1 Å². The number of benzene rings is 4. The summed E-state index contributed by atoms with van der Waals surface area (Å²) in [5.74, 6) is 0.880. The molecule has 2 amide bonds. The van der Waals surface area contributed by atoms with Crippen LogP contribution in [0.3, 0.4) is 0 Å². The molecule has 1 atom stereocenters. The van der Waals surface area contributed by atoms with E-state index in [2.05, 4.69) is 40.4 Å². The average Bonchev–Trinajstić information content (AvgIpc) is 3.95. The summed E-state index contributed by atoms with van der Waals surface area (Å²) in [6, 6.07) is 26.6. The number of piperazine rings is 1. The quantitative estimate of drug-likeness (QED) is 0.197. The molecular formula is C43H45ClN6O5. The molecule has 4 aliphatic rings. The monoisotopic (exact) mass is 760 g/mol. The van der Waals surface area contributed by atoms with Crippen LogP contribution in [0, 0.1) is 6.92 Å². The predicted molar refractivity (Wildman–Crippen MR) is 215 cm³/mol. The number of phenolic OH excluding ortho intramolecular Hbond substituents is 1. The van der Waals surface area contributed by atoms with Crippen molar-refractivity contribution >= 4 is 41.3 Å². The number of halogens is 1. The molecule has 0 bridgehead atoms. The first-order chi connectivity index (χ1) is 26.3. The Morgan fingerprint density at radius 1 is 0.873 bits per heavy atom. The summed E-state index contributed by atoms with van der Waals surface area (Å²) < 4.78 is 13.6. The maximum atomic E-state index is 15.0. The Hall–Kier alpha value is -5.49. The normalized spacial score (nSPS) is 17.6. The van der Waals surface area contributed by atoms with E-state index in [1.165, 1.54) is 5.56 Å². The standard InChI is InChI=1S/C43H44N6O5.ClH/c1-28-19-32(42(51)49(33-7-10-36(50)11-8-33)34-9-12-38-30(21-34)13-14-44-38)25-47(28)39-23-41-40(53-27-54-41)22-37(39)43(52)48-24-31-6-4-3-5-29(31)20-35(48)26-46-17-15-45(2)16-18-46;/h3-12,19,21-23,25,35,44,50H,13-18,20,24,26-27H2,1-2H3;1H/t35-;/m0./s1. The van der Waals surface area contributed by atoms with E-state index in [4.69, 9.17) is 9.47 Å². The number of aromatic hydroxyl groups is 1. The van der Waals surface area contributed by atoms with Crippen molar-refractivity contribution in [3.63, 3.8) is 0 Å². The molecule has 284 valence electrons. The second kappa shape index (κ2) is 15.0. The van der Waals surface area contributed by atoms with Crippen molar-refractivity contribution in [2.75, 3.05) is 63.3 Å². The summed E-state index contributed by atoms with van der Waals surface area (Å²) in [6.07, 6.45) is 3.46. The Balaban J connectivity index is 0.00000427. The highest BCUT2D eigenvalue weighted by atomic mass is 35.5. The van der Waals surface area contributed by atoms with E-state index in [1.54, 1.807) is 35.2 Å². The second-order valence-corrected chi connectivity index (χ2v) is 14.8. The zero-order valence-corrected chi connectivity index (χ0v) is 31.8. The summed E-state index contributed by atoms with van der Waals surface area (Å²) in [5.41, 5.74) is 8.37. The van der Waals surface area contributed by atoms with Gasteiger partial charge in [-0.15, -0.1) is 12.4 Å². The van der Waals surface area contributed by atoms with Gasteiger partial charge < -0.3 is 34.3 Å². The number of nitrogens with zero attached hydrogens (tertiary/aromatic N) is 5. The van der Waals surface area contributed by atoms with Crippen molar-refractivity contribution in [1.29, 1.82) is 0 Å². The van der Waals surface area contributed by atoms with E-state index >= 15 is 4.79 Å². The lowest BCUT2D eigenvalue weighted by atomic mass is 9.92. The fourth-order valence-corrected chi connectivity index (χ4v) is 8.27. The van der Waals surface area contributed by atoms with Crippen LogP contribution in [-0.2, 0) is 19.4 Å². The zero-order chi connectivity index (χ0) is 36.9. The lowest BCUT2D eigenvalue weighted by Gasteiger charge is -2.41. The van der Waals surface area contributed by atoms with E-state index in [0.29, 0.717) is 40.5 Å². The number of hydrogen-bond donors (Lipinski definition) is 2. The Labute approximate surface area is 327 Å². The maximum absolute atomic E-state index is 15.0. The van der Waals surface area contributed by atoms with Gasteiger partial charge in [0.1, 0.15) is 5.75 Å². The van der Waals surface area contributed by atoms with Gasteiger partial charge in [0.2, 0.25) is 6.79 Å². The Kier molecular flexibility index (Phi) is 9.93. The second-order valence-electron chi connectivity index (χ2n) is 14.8. The number of carbonyl (C=O) groups excluding carboxylic acids is 2. The van der Waals surface area contributed by atoms with Gasteiger partial charge in [-0.25, -0.2) is 0 Å². The van der Waals surface area contributed by atoms with Gasteiger partial charge in [-0.2, -0.15) is 0 Å². The summed E-state index contributed by atoms with van der Waals surface area (Å²) in [5, 5.41) is 13.5. The summed E-state index contributed by atoms with van der Waals surface area (Å²) in [7, 11) is 2.16. The Morgan fingerprint density at radius 3 is 2.38 bits per heavy atom. The molecule has 1 fully saturated rings. The highest BCUT2D eigenvalue weighted by molar-refractivity contribution is 6.11. The summed E-state index contributed by atoms with van der Waals surface area (Å²) >= 11 is 0. The number of carbonyl (C=O) groups is 2. The van der Waals surface area contributed by atoms with Crippen LogP contribution in [0.25, 0.3) is 5.69 Å². The van der Waals surface area contributed by atoms with Crippen LogP contribution in [0.15, 0.2) is 91.1 Å². The Bertz CT molecular complexity index is 2250. The van der Waals surface area contributed by atoms with Crippen LogP contribution in [0.1, 0.15) is 43.1 Å². The molecule has 55 heavy (non-hydrogen) atoms. The molecule has 12 heteroatoms. The van der Waals surface area contributed by atoms with Crippen molar-refractivity contribution in [3.8, 4) is 22.9 Å². The van der Waals surface area contributed by atoms with Crippen LogP contribution in [0.5, 0.6) is 17.2 Å². The number of nitrogens with one attached hydrogen (secondary N) is 1. The van der Waals surface area contributed by atoms with Crippen molar-refractivity contribution in [2.24, 2.45) is 0 Å². The minimum Gasteiger partial charge on any atom is -0.508 e. The van der Waals surface area contributed by atoms with Crippen molar-refractivity contribution in [1.82, 2.24) is 19.3 Å². The first-order valence-electron chi connectivity index (χ1n) is 18.7. The summed E-state index contributed by atoms with van der Waals surface area (Å²) in [6.45, 7) is 8.11. The number of fused-ring (bicyclic) bond motifs is 3. The van der Waals surface area contributed by atoms with Crippen molar-refractivity contribution < 1.29 is 24.2 Å². The highest BCUT2D eigenvalue weighted by Gasteiger charge is 2.35. The fraction of sp³-hybridized carbons (Fsp3) is 0.302. The molecule has 11 nitrogen and oxygen atoms in total. The average molecular weight is 761 g/mol. The largest absolute Gasteiger partial charge is 0.508 e. The van der Waals surface area contributed by atoms with Crippen molar-refractivity contribution in [2.45, 2.75) is 32.4 Å². The SMILES string of the molecule is Cc1cc(C(=O)N(c2ccc(O)cc2)c2ccc3c(c2)CCN3)cn1-c1cc2c(cc1C(=O)N1Cc3ccccc3C[C@H]1CN1CCN(C)CC1)OCO2.Cl. The molecule has 0 unspecified atom stereocenters. The lowest BCUT2D eigenvalue weighted by molar-refractivity contribution is 0.0535. The van der Waals surface area contributed by atoms with Gasteiger partial charge in [0.05, 0.1) is 16.8 Å². The zero-order valence-electron chi connectivity index (χ0n) is 31.0. The van der Waals surface area contributed by atoms with Gasteiger partial charge in [0.15, 0.2) is 11.5 Å². The van der Waals surface area contributed by atoms with E-state index in [-0.39, 0.29) is 42.8 Å². The molecular weight excluding hydrogens is 716 g/mol. The smallest absolute Gasteiger partial charge is 0.264 e. The molecule has 9 rings (SSSR count). The highest BCUT2D eigenvalue weighted by Crippen LogP contribution is 2.39. The van der Waals surface area contributed by atoms with Crippen LogP contribution in [-0.4, -0.2) is 95.3 Å². The molecule has 1 aromatic heterocycles. The van der Waals surface area contributed by atoms with E-state index in [1.807, 2.05) is 59.0 Å². The lowest BCUT2D eigenvalue weighted by Crippen LogP contribution is -2.53. The molecule has 0 spiro atoms. The number of aromatic nitrogens is 1. The number of rotatable bonds is 7. The van der Waals surface area contributed by atoms with E-state index < -0.39 is 0 Å². The molecule has 5 heterocycles. The maximum Gasteiger partial charge on any atom is 0.264 e. The van der Waals surface area contributed by atoms with Gasteiger partial charge in [-0.05, 0) is 98.1 Å². The number of ether oxygens (including phenoxy) is 2. The van der Waals surface area contributed by atoms with E-state index in [0.717, 1.165) is 80.3 Å². The molecule has 0 radical (unpaired) electrons. The van der Waals surface area contributed by atoms with Gasteiger partial charge in [0, 0.05) is 86.9 Å². The van der Waals surface area contributed by atoms with Crippen LogP contribution < -0.4 is 19.7 Å². The topological polar surface area (TPSA) is 103 Å².